The maximum Gasteiger partial charge on any atom is 0.121 e. The molecular weight excluding hydrogens is 394 g/mol. The lowest BCUT2D eigenvalue weighted by Gasteiger charge is -2.34. The fourth-order valence-corrected chi connectivity index (χ4v) is 4.84. The van der Waals surface area contributed by atoms with Crippen molar-refractivity contribution in [3.8, 4) is 0 Å². The van der Waals surface area contributed by atoms with E-state index in [0.717, 1.165) is 62.2 Å². The van der Waals surface area contributed by atoms with Crippen LogP contribution in [-0.2, 0) is 25.9 Å². The number of nitrogens with zero attached hydrogens (tertiary/aromatic N) is 3. The van der Waals surface area contributed by atoms with E-state index in [9.17, 15) is 0 Å². The van der Waals surface area contributed by atoms with Crippen molar-refractivity contribution in [3.63, 3.8) is 0 Å². The Morgan fingerprint density at radius 3 is 2.66 bits per heavy atom. The fraction of sp³-hybridized carbons (Fsp3) is 0.333. The lowest BCUT2D eigenvalue weighted by atomic mass is 9.90. The fourth-order valence-electron chi connectivity index (χ4n) is 4.84. The molecule has 2 aromatic heterocycles. The molecule has 0 aliphatic heterocycles. The summed E-state index contributed by atoms with van der Waals surface area (Å²) in [5, 5.41) is 0. The first-order chi connectivity index (χ1) is 15.8. The molecule has 0 amide bonds. The number of imidazole rings is 1. The van der Waals surface area contributed by atoms with E-state index in [4.69, 9.17) is 15.7 Å². The van der Waals surface area contributed by atoms with Gasteiger partial charge in [0.05, 0.1) is 29.3 Å². The normalized spacial score (nSPS) is 15.9. The Labute approximate surface area is 189 Å². The summed E-state index contributed by atoms with van der Waals surface area (Å²) < 4.78 is 0. The second-order valence-electron chi connectivity index (χ2n) is 8.77. The molecule has 5 heteroatoms. The van der Waals surface area contributed by atoms with Crippen LogP contribution in [0.3, 0.4) is 0 Å². The average molecular weight is 426 g/mol. The summed E-state index contributed by atoms with van der Waals surface area (Å²) in [6.45, 7) is 2.38. The molecule has 32 heavy (non-hydrogen) atoms. The second-order valence-corrected chi connectivity index (χ2v) is 8.77. The van der Waals surface area contributed by atoms with E-state index in [-0.39, 0.29) is 0 Å². The molecule has 4 aromatic rings. The van der Waals surface area contributed by atoms with E-state index in [0.29, 0.717) is 6.04 Å². The van der Waals surface area contributed by atoms with Crippen LogP contribution in [0.4, 0.5) is 0 Å². The Morgan fingerprint density at radius 2 is 1.81 bits per heavy atom. The smallest absolute Gasteiger partial charge is 0.121 e. The molecule has 1 aliphatic rings. The maximum absolute atomic E-state index is 5.67. The van der Waals surface area contributed by atoms with Gasteiger partial charge in [-0.05, 0) is 73.5 Å². The number of aromatic nitrogens is 3. The summed E-state index contributed by atoms with van der Waals surface area (Å²) in [5.74, 6) is 1.01. The Balaban J connectivity index is 1.43. The van der Waals surface area contributed by atoms with Gasteiger partial charge in [0, 0.05) is 12.7 Å². The van der Waals surface area contributed by atoms with Crippen LogP contribution in [-0.4, -0.2) is 26.4 Å². The van der Waals surface area contributed by atoms with Crippen LogP contribution in [0.25, 0.3) is 11.0 Å². The standard InChI is InChI=1S/C27H31N5/c28-16-4-6-20-12-14-21(15-13-20)18-32(19-26-30-23-9-1-2-10-24(23)31-26)25-11-3-7-22-8-5-17-29-27(22)25/h1-2,5,8-10,12-15,17,25H,3-4,6-7,11,16,18-19,28H2,(H,30,31). The molecule has 1 unspecified atom stereocenters. The van der Waals surface area contributed by atoms with E-state index >= 15 is 0 Å². The largest absolute Gasteiger partial charge is 0.341 e. The number of rotatable bonds is 8. The number of aryl methyl sites for hydroxylation is 2. The summed E-state index contributed by atoms with van der Waals surface area (Å²) in [4.78, 5) is 15.7. The van der Waals surface area contributed by atoms with Crippen molar-refractivity contribution < 1.29 is 0 Å². The number of fused-ring (bicyclic) bond motifs is 2. The molecule has 0 saturated carbocycles. The third-order valence-corrected chi connectivity index (χ3v) is 6.48. The number of nitrogens with two attached hydrogens (primary N) is 1. The second kappa shape index (κ2) is 9.63. The lowest BCUT2D eigenvalue weighted by molar-refractivity contribution is 0.153. The molecule has 0 saturated heterocycles. The molecule has 2 aromatic carbocycles. The summed E-state index contributed by atoms with van der Waals surface area (Å²) in [7, 11) is 0. The molecule has 164 valence electrons. The van der Waals surface area contributed by atoms with Gasteiger partial charge in [0.15, 0.2) is 0 Å². The minimum Gasteiger partial charge on any atom is -0.341 e. The van der Waals surface area contributed by atoms with Gasteiger partial charge in [-0.1, -0.05) is 42.5 Å². The highest BCUT2D eigenvalue weighted by Crippen LogP contribution is 2.34. The molecule has 2 heterocycles. The van der Waals surface area contributed by atoms with Gasteiger partial charge in [0.25, 0.3) is 0 Å². The molecule has 0 bridgehead atoms. The Bertz CT molecular complexity index is 1130. The third kappa shape index (κ3) is 4.59. The topological polar surface area (TPSA) is 70.8 Å². The van der Waals surface area contributed by atoms with Crippen molar-refractivity contribution in [2.75, 3.05) is 6.54 Å². The number of hydrogen-bond acceptors (Lipinski definition) is 4. The first-order valence-electron chi connectivity index (χ1n) is 11.7. The zero-order valence-corrected chi connectivity index (χ0v) is 18.5. The number of benzene rings is 2. The van der Waals surface area contributed by atoms with Gasteiger partial charge >= 0.3 is 0 Å². The van der Waals surface area contributed by atoms with Gasteiger partial charge in [-0.2, -0.15) is 0 Å². The summed E-state index contributed by atoms with van der Waals surface area (Å²) >= 11 is 0. The highest BCUT2D eigenvalue weighted by atomic mass is 15.2. The van der Waals surface area contributed by atoms with Gasteiger partial charge in [-0.3, -0.25) is 9.88 Å². The molecule has 5 nitrogen and oxygen atoms in total. The number of pyridine rings is 1. The van der Waals surface area contributed by atoms with Crippen molar-refractivity contribution in [1.29, 1.82) is 0 Å². The number of H-pyrrole nitrogens is 1. The van der Waals surface area contributed by atoms with E-state index < -0.39 is 0 Å². The first-order valence-corrected chi connectivity index (χ1v) is 11.7. The predicted molar refractivity (Wildman–Crippen MR) is 129 cm³/mol. The molecule has 0 radical (unpaired) electrons. The summed E-state index contributed by atoms with van der Waals surface area (Å²) in [6.07, 6.45) is 7.44. The first kappa shape index (κ1) is 20.9. The number of para-hydroxylation sites is 2. The van der Waals surface area contributed by atoms with Gasteiger partial charge in [0.2, 0.25) is 0 Å². The van der Waals surface area contributed by atoms with Crippen LogP contribution < -0.4 is 5.73 Å². The molecule has 0 fully saturated rings. The minimum absolute atomic E-state index is 0.296. The van der Waals surface area contributed by atoms with Crippen LogP contribution >= 0.6 is 0 Å². The summed E-state index contributed by atoms with van der Waals surface area (Å²) in [5.41, 5.74) is 13.1. The van der Waals surface area contributed by atoms with E-state index in [1.165, 1.54) is 28.8 Å². The van der Waals surface area contributed by atoms with Crippen molar-refractivity contribution in [2.45, 2.75) is 51.2 Å². The Hall–Kier alpha value is -3.02. The van der Waals surface area contributed by atoms with Crippen molar-refractivity contribution in [1.82, 2.24) is 19.9 Å². The zero-order chi connectivity index (χ0) is 21.8. The van der Waals surface area contributed by atoms with Crippen molar-refractivity contribution >= 4 is 11.0 Å². The Kier molecular flexibility index (Phi) is 6.28. The molecule has 3 N–H and O–H groups in total. The van der Waals surface area contributed by atoms with E-state index in [1.807, 2.05) is 12.3 Å². The van der Waals surface area contributed by atoms with Crippen LogP contribution in [0.1, 0.15) is 53.5 Å². The van der Waals surface area contributed by atoms with Gasteiger partial charge in [-0.25, -0.2) is 4.98 Å². The van der Waals surface area contributed by atoms with Crippen molar-refractivity contribution in [2.24, 2.45) is 5.73 Å². The van der Waals surface area contributed by atoms with Gasteiger partial charge < -0.3 is 10.7 Å². The van der Waals surface area contributed by atoms with Crippen LogP contribution in [0.2, 0.25) is 0 Å². The van der Waals surface area contributed by atoms with Crippen molar-refractivity contribution in [3.05, 3.63) is 95.1 Å². The van der Waals surface area contributed by atoms with Crippen LogP contribution in [0.15, 0.2) is 66.9 Å². The van der Waals surface area contributed by atoms with E-state index in [1.54, 1.807) is 0 Å². The number of aromatic amines is 1. The maximum atomic E-state index is 5.67. The summed E-state index contributed by atoms with van der Waals surface area (Å²) in [6, 6.07) is 21.9. The van der Waals surface area contributed by atoms with Crippen LogP contribution in [0, 0.1) is 0 Å². The van der Waals surface area contributed by atoms with Gasteiger partial charge in [-0.15, -0.1) is 0 Å². The third-order valence-electron chi connectivity index (χ3n) is 6.48. The average Bonchev–Trinajstić information content (AvgIpc) is 3.25. The SMILES string of the molecule is NCCCc1ccc(CN(Cc2nc3ccccc3[nH]2)C2CCCc3cccnc32)cc1. The quantitative estimate of drug-likeness (QED) is 0.420. The molecule has 1 aliphatic carbocycles. The van der Waals surface area contributed by atoms with Gasteiger partial charge in [0.1, 0.15) is 5.82 Å². The number of nitrogens with one attached hydrogen (secondary N) is 1. The highest BCUT2D eigenvalue weighted by Gasteiger charge is 2.28. The molecule has 1 atom stereocenters. The minimum atomic E-state index is 0.296. The van der Waals surface area contributed by atoms with E-state index in [2.05, 4.69) is 64.5 Å². The molecule has 0 spiro atoms. The number of hydrogen-bond donors (Lipinski definition) is 2. The highest BCUT2D eigenvalue weighted by molar-refractivity contribution is 5.74. The zero-order valence-electron chi connectivity index (χ0n) is 18.5. The molecular formula is C27H31N5. The molecule has 5 rings (SSSR count). The predicted octanol–water partition coefficient (Wildman–Crippen LogP) is 4.93. The van der Waals surface area contributed by atoms with Crippen LogP contribution in [0.5, 0.6) is 0 Å². The monoisotopic (exact) mass is 425 g/mol. The lowest BCUT2D eigenvalue weighted by Crippen LogP contribution is -2.31. The Morgan fingerprint density at radius 1 is 0.969 bits per heavy atom.